The third kappa shape index (κ3) is 8.74. The summed E-state index contributed by atoms with van der Waals surface area (Å²) in [6.45, 7) is 4.46. The van der Waals surface area contributed by atoms with Gasteiger partial charge in [-0.3, -0.25) is 0 Å². The summed E-state index contributed by atoms with van der Waals surface area (Å²) in [4.78, 5) is 0. The second-order valence-electron chi connectivity index (χ2n) is 2.35. The third-order valence-corrected chi connectivity index (χ3v) is 5.72. The molecule has 0 aliphatic carbocycles. The van der Waals surface area contributed by atoms with Crippen LogP contribution in [0.4, 0.5) is 0 Å². The predicted molar refractivity (Wildman–Crippen MR) is 51.8 cm³/mol. The van der Waals surface area contributed by atoms with Crippen LogP contribution in [0.5, 0.6) is 0 Å². The lowest BCUT2D eigenvalue weighted by Gasteiger charge is -2.03. The second-order valence-corrected chi connectivity index (χ2v) is 7.34. The Morgan fingerprint density at radius 2 is 2.22 bits per heavy atom. The van der Waals surface area contributed by atoms with Gasteiger partial charge in [0.05, 0.1) is 0 Å². The van der Waals surface area contributed by atoms with Crippen molar-refractivity contribution in [1.29, 1.82) is 0 Å². The van der Waals surface area contributed by atoms with E-state index in [-0.39, 0.29) is 9.76 Å². The van der Waals surface area contributed by atoms with Crippen LogP contribution in [-0.4, -0.2) is 24.6 Å². The molecule has 4 heteroatoms. The second kappa shape index (κ2) is 6.86. The minimum Gasteiger partial charge on any atom is -0.463 e. The highest BCUT2D eigenvalue weighted by molar-refractivity contribution is 7.80. The largest absolute Gasteiger partial charge is 0.463 e. The van der Waals surface area contributed by atoms with Gasteiger partial charge in [0.25, 0.3) is 0 Å². The van der Waals surface area contributed by atoms with Crippen molar-refractivity contribution in [1.82, 2.24) is 0 Å². The molecule has 0 amide bonds. The quantitative estimate of drug-likeness (QED) is 0.374. The van der Waals surface area contributed by atoms with Crippen LogP contribution in [0.25, 0.3) is 0 Å². The van der Waals surface area contributed by atoms with Crippen LogP contribution in [0.1, 0.15) is 6.42 Å². The summed E-state index contributed by atoms with van der Waals surface area (Å²) in [6, 6.07) is 1.31. The molecule has 0 N–H and O–H groups in total. The lowest BCUT2D eigenvalue weighted by atomic mass is 10.6. The minimum absolute atomic E-state index is 0.134. The molecule has 0 fully saturated rings. The van der Waals surface area contributed by atoms with Gasteiger partial charge in [0, 0.05) is 0 Å². The van der Waals surface area contributed by atoms with E-state index in [1.54, 1.807) is 0 Å². The van der Waals surface area contributed by atoms with E-state index in [4.69, 9.17) is 4.12 Å². The normalized spacial score (nSPS) is 12.0. The Morgan fingerprint density at radius 1 is 1.56 bits per heavy atom. The van der Waals surface area contributed by atoms with Crippen LogP contribution >= 0.6 is 12.6 Å². The highest BCUT2D eigenvalue weighted by Gasteiger charge is 1.93. The lowest BCUT2D eigenvalue weighted by molar-refractivity contribution is 0.618. The van der Waals surface area contributed by atoms with Crippen LogP contribution in [0.2, 0.25) is 19.1 Å². The molecule has 0 aliphatic heterocycles. The van der Waals surface area contributed by atoms with Crippen molar-refractivity contribution < 1.29 is 4.12 Å². The van der Waals surface area contributed by atoms with Gasteiger partial charge >= 0.3 is 0 Å². The summed E-state index contributed by atoms with van der Waals surface area (Å²) in [7, 11) is -0.811. The molecule has 0 heterocycles. The van der Waals surface area contributed by atoms with Crippen molar-refractivity contribution >= 4 is 31.4 Å². The van der Waals surface area contributed by atoms with Crippen molar-refractivity contribution in [3.8, 4) is 0 Å². The van der Waals surface area contributed by atoms with Gasteiger partial charge in [-0.15, -0.1) is 0 Å². The van der Waals surface area contributed by atoms with Crippen molar-refractivity contribution in [2.24, 2.45) is 0 Å². The van der Waals surface area contributed by atoms with Crippen LogP contribution in [0, 0.1) is 0 Å². The fourth-order valence-corrected chi connectivity index (χ4v) is 4.18. The minimum atomic E-state index is -0.676. The van der Waals surface area contributed by atoms with Gasteiger partial charge in [-0.05, 0) is 31.3 Å². The van der Waals surface area contributed by atoms with E-state index in [1.807, 2.05) is 0 Å². The van der Waals surface area contributed by atoms with Crippen molar-refractivity contribution in [2.45, 2.75) is 25.6 Å². The fraction of sp³-hybridized carbons (Fsp3) is 1.00. The molecule has 0 atom stereocenters. The molecule has 56 valence electrons. The third-order valence-electron chi connectivity index (χ3n) is 1.00. The van der Waals surface area contributed by atoms with Gasteiger partial charge in [-0.2, -0.15) is 12.6 Å². The molecule has 1 nitrogen and oxygen atoms in total. The number of thiol groups is 1. The Kier molecular flexibility index (Phi) is 7.42. The number of hydrogen-bond donors (Lipinski definition) is 1. The molecule has 9 heavy (non-hydrogen) atoms. The smallest absolute Gasteiger partial charge is 0.156 e. The standard InChI is InChI=1S/C5H16OSSi2/c1-9(2)6-8-5-3-4-7/h7,9H,3-5,8H2,1-2H3. The molecule has 0 saturated carbocycles. The molecule has 0 radical (unpaired) electrons. The Labute approximate surface area is 67.3 Å². The molecule has 0 saturated heterocycles. The molecule has 0 aromatic rings. The van der Waals surface area contributed by atoms with Crippen LogP contribution in [-0.2, 0) is 4.12 Å². The van der Waals surface area contributed by atoms with Gasteiger partial charge in [0.1, 0.15) is 9.76 Å². The molecule has 0 aliphatic rings. The molecular weight excluding hydrogens is 164 g/mol. The van der Waals surface area contributed by atoms with Gasteiger partial charge in [-0.1, -0.05) is 0 Å². The van der Waals surface area contributed by atoms with Crippen LogP contribution in [0.15, 0.2) is 0 Å². The maximum absolute atomic E-state index is 5.59. The summed E-state index contributed by atoms with van der Waals surface area (Å²) >= 11 is 4.12. The van der Waals surface area contributed by atoms with Gasteiger partial charge in [-0.25, -0.2) is 0 Å². The van der Waals surface area contributed by atoms with Gasteiger partial charge < -0.3 is 4.12 Å². The first kappa shape index (κ1) is 9.74. The number of rotatable bonds is 5. The average molecular weight is 180 g/mol. The van der Waals surface area contributed by atoms with E-state index < -0.39 is 9.04 Å². The van der Waals surface area contributed by atoms with Gasteiger partial charge in [0.15, 0.2) is 9.04 Å². The summed E-state index contributed by atoms with van der Waals surface area (Å²) in [5, 5.41) is 0. The topological polar surface area (TPSA) is 9.23 Å². The first-order valence-electron chi connectivity index (χ1n) is 3.50. The molecular formula is C5H16OSSi2. The molecule has 0 aromatic heterocycles. The molecule has 0 spiro atoms. The van der Waals surface area contributed by atoms with Crippen LogP contribution < -0.4 is 0 Å². The molecule has 0 unspecified atom stereocenters. The summed E-state index contributed by atoms with van der Waals surface area (Å²) < 4.78 is 5.59. The zero-order valence-electron chi connectivity index (χ0n) is 6.26. The van der Waals surface area contributed by atoms with E-state index in [2.05, 4.69) is 25.7 Å². The Bertz CT molecular complexity index is 60.9. The average Bonchev–Trinajstić information content (AvgIpc) is 1.80. The maximum atomic E-state index is 5.59. The lowest BCUT2D eigenvalue weighted by Crippen LogP contribution is -2.11. The molecule has 0 bridgehead atoms. The molecule has 0 rings (SSSR count). The molecule has 0 aromatic carbocycles. The monoisotopic (exact) mass is 180 g/mol. The van der Waals surface area contributed by atoms with E-state index in [0.29, 0.717) is 0 Å². The van der Waals surface area contributed by atoms with E-state index >= 15 is 0 Å². The SMILES string of the molecule is C[SiH](C)O[SiH2]CCCS. The van der Waals surface area contributed by atoms with Gasteiger partial charge in [0.2, 0.25) is 0 Å². The summed E-state index contributed by atoms with van der Waals surface area (Å²) in [5.41, 5.74) is 0. The summed E-state index contributed by atoms with van der Waals surface area (Å²) in [5.74, 6) is 1.02. The Hall–Kier alpha value is 0.744. The van der Waals surface area contributed by atoms with Crippen molar-refractivity contribution in [3.63, 3.8) is 0 Å². The van der Waals surface area contributed by atoms with Crippen molar-refractivity contribution in [2.75, 3.05) is 5.75 Å². The van der Waals surface area contributed by atoms with E-state index in [9.17, 15) is 0 Å². The Morgan fingerprint density at radius 3 is 2.67 bits per heavy atom. The maximum Gasteiger partial charge on any atom is 0.156 e. The highest BCUT2D eigenvalue weighted by atomic mass is 32.1. The van der Waals surface area contributed by atoms with E-state index in [1.165, 1.54) is 12.5 Å². The zero-order valence-corrected chi connectivity index (χ0v) is 9.72. The summed E-state index contributed by atoms with van der Waals surface area (Å²) in [6.07, 6.45) is 1.25. The predicted octanol–water partition coefficient (Wildman–Crippen LogP) is 0.808. The van der Waals surface area contributed by atoms with E-state index in [0.717, 1.165) is 5.75 Å². The van der Waals surface area contributed by atoms with Crippen molar-refractivity contribution in [3.05, 3.63) is 0 Å². The number of hydrogen-bond acceptors (Lipinski definition) is 2. The highest BCUT2D eigenvalue weighted by Crippen LogP contribution is 1.92. The fourth-order valence-electron chi connectivity index (χ4n) is 0.533. The zero-order chi connectivity index (χ0) is 7.11. The first-order valence-corrected chi connectivity index (χ1v) is 8.49. The van der Waals surface area contributed by atoms with Crippen LogP contribution in [0.3, 0.4) is 0 Å². The Balaban J connectivity index is 2.75. The first-order chi connectivity index (χ1) is 4.27.